The highest BCUT2D eigenvalue weighted by molar-refractivity contribution is 5.81. The van der Waals surface area contributed by atoms with Gasteiger partial charge in [0, 0.05) is 26.1 Å². The highest BCUT2D eigenvalue weighted by Crippen LogP contribution is 2.01. The highest BCUT2D eigenvalue weighted by Gasteiger charge is 2.03. The Morgan fingerprint density at radius 3 is 2.94 bits per heavy atom. The Kier molecular flexibility index (Phi) is 7.18. The van der Waals surface area contributed by atoms with Crippen LogP contribution < -0.4 is 16.0 Å². The Morgan fingerprint density at radius 2 is 2.24 bits per heavy atom. The lowest BCUT2D eigenvalue weighted by Gasteiger charge is -2.07. The van der Waals surface area contributed by atoms with Crippen LogP contribution in [0.25, 0.3) is 0 Å². The molecule has 5 nitrogen and oxygen atoms in total. The quantitative estimate of drug-likeness (QED) is 0.545. The van der Waals surface area contributed by atoms with Crippen LogP contribution >= 0.6 is 0 Å². The lowest BCUT2D eigenvalue weighted by atomic mass is 10.1. The summed E-state index contributed by atoms with van der Waals surface area (Å²) in [7, 11) is 0. The van der Waals surface area contributed by atoms with Gasteiger partial charge in [-0.05, 0) is 6.42 Å². The predicted octanol–water partition coefficient (Wildman–Crippen LogP) is 0.622. The zero-order chi connectivity index (χ0) is 12.3. The zero-order valence-electron chi connectivity index (χ0n) is 10.7. The normalized spacial score (nSPS) is 14.1. The van der Waals surface area contributed by atoms with Crippen LogP contribution in [0.2, 0.25) is 0 Å². The van der Waals surface area contributed by atoms with E-state index in [2.05, 4.69) is 27.9 Å². The van der Waals surface area contributed by atoms with Crippen LogP contribution in [0.1, 0.15) is 39.0 Å². The van der Waals surface area contributed by atoms with E-state index in [0.29, 0.717) is 13.0 Å². The first kappa shape index (κ1) is 13.8. The number of guanidine groups is 1. The number of hydrogen-bond acceptors (Lipinski definition) is 4. The molecule has 1 aliphatic heterocycles. The SMILES string of the molecule is CCCCCCC(=O)NCCNC1=NCCN1. The molecule has 1 aliphatic rings. The average molecular weight is 240 g/mol. The van der Waals surface area contributed by atoms with Gasteiger partial charge in [-0.2, -0.15) is 0 Å². The van der Waals surface area contributed by atoms with Gasteiger partial charge >= 0.3 is 0 Å². The second kappa shape index (κ2) is 8.84. The Labute approximate surface area is 103 Å². The molecule has 0 aliphatic carbocycles. The summed E-state index contributed by atoms with van der Waals surface area (Å²) in [6.45, 7) is 5.31. The van der Waals surface area contributed by atoms with Crippen molar-refractivity contribution in [2.45, 2.75) is 39.0 Å². The maximum absolute atomic E-state index is 11.4. The molecule has 3 N–H and O–H groups in total. The van der Waals surface area contributed by atoms with Gasteiger partial charge in [-0.1, -0.05) is 26.2 Å². The van der Waals surface area contributed by atoms with Gasteiger partial charge in [0.2, 0.25) is 5.91 Å². The van der Waals surface area contributed by atoms with Crippen molar-refractivity contribution in [2.75, 3.05) is 26.2 Å². The van der Waals surface area contributed by atoms with Gasteiger partial charge in [0.1, 0.15) is 0 Å². The fraction of sp³-hybridized carbons (Fsp3) is 0.833. The summed E-state index contributed by atoms with van der Waals surface area (Å²) in [5.74, 6) is 1.01. The highest BCUT2D eigenvalue weighted by atomic mass is 16.1. The van der Waals surface area contributed by atoms with E-state index >= 15 is 0 Å². The molecule has 98 valence electrons. The summed E-state index contributed by atoms with van der Waals surface area (Å²) in [5, 5.41) is 9.16. The third-order valence-electron chi connectivity index (χ3n) is 2.67. The standard InChI is InChI=1S/C12H24N4O/c1-2-3-4-5-6-11(17)13-7-8-14-12-15-9-10-16-12/h2-10H2,1H3,(H,13,17)(H2,14,15,16). The molecule has 0 aromatic heterocycles. The smallest absolute Gasteiger partial charge is 0.220 e. The molecule has 0 spiro atoms. The van der Waals surface area contributed by atoms with E-state index in [9.17, 15) is 4.79 Å². The van der Waals surface area contributed by atoms with Gasteiger partial charge < -0.3 is 16.0 Å². The monoisotopic (exact) mass is 240 g/mol. The van der Waals surface area contributed by atoms with Gasteiger partial charge in [-0.15, -0.1) is 0 Å². The Bertz CT molecular complexity index is 253. The molecule has 0 aromatic carbocycles. The number of carbonyl (C=O) groups excluding carboxylic acids is 1. The molecule has 0 radical (unpaired) electrons. The average Bonchev–Trinajstić information content (AvgIpc) is 2.83. The Balaban J connectivity index is 1.89. The van der Waals surface area contributed by atoms with Crippen molar-refractivity contribution in [2.24, 2.45) is 4.99 Å². The number of aliphatic imine (C=N–C) groups is 1. The maximum Gasteiger partial charge on any atom is 0.220 e. The molecule has 1 heterocycles. The number of amides is 1. The maximum atomic E-state index is 11.4. The van der Waals surface area contributed by atoms with Crippen molar-refractivity contribution in [3.05, 3.63) is 0 Å². The van der Waals surface area contributed by atoms with Gasteiger partial charge in [-0.25, -0.2) is 0 Å². The Morgan fingerprint density at radius 1 is 1.35 bits per heavy atom. The second-order valence-corrected chi connectivity index (χ2v) is 4.24. The van der Waals surface area contributed by atoms with E-state index in [4.69, 9.17) is 0 Å². The van der Waals surface area contributed by atoms with Crippen molar-refractivity contribution in [3.8, 4) is 0 Å². The van der Waals surface area contributed by atoms with E-state index in [1.165, 1.54) is 12.8 Å². The molecule has 1 rings (SSSR count). The molecule has 0 atom stereocenters. The first-order valence-corrected chi connectivity index (χ1v) is 6.62. The largest absolute Gasteiger partial charge is 0.355 e. The number of carbonyl (C=O) groups is 1. The minimum Gasteiger partial charge on any atom is -0.355 e. The number of nitrogens with zero attached hydrogens (tertiary/aromatic N) is 1. The van der Waals surface area contributed by atoms with E-state index in [1.54, 1.807) is 0 Å². The molecule has 5 heteroatoms. The minimum atomic E-state index is 0.157. The van der Waals surface area contributed by atoms with Crippen molar-refractivity contribution < 1.29 is 4.79 Å². The van der Waals surface area contributed by atoms with E-state index < -0.39 is 0 Å². The number of rotatable bonds is 8. The van der Waals surface area contributed by atoms with E-state index in [0.717, 1.165) is 38.4 Å². The topological polar surface area (TPSA) is 65.5 Å². The van der Waals surface area contributed by atoms with Gasteiger partial charge in [0.25, 0.3) is 0 Å². The molecular formula is C12H24N4O. The van der Waals surface area contributed by atoms with Crippen LogP contribution in [0, 0.1) is 0 Å². The van der Waals surface area contributed by atoms with Crippen LogP contribution in [0.15, 0.2) is 4.99 Å². The van der Waals surface area contributed by atoms with Gasteiger partial charge in [-0.3, -0.25) is 9.79 Å². The van der Waals surface area contributed by atoms with Crippen molar-refractivity contribution in [1.29, 1.82) is 0 Å². The lowest BCUT2D eigenvalue weighted by molar-refractivity contribution is -0.121. The predicted molar refractivity (Wildman–Crippen MR) is 70.1 cm³/mol. The van der Waals surface area contributed by atoms with E-state index in [1.807, 2.05) is 0 Å². The first-order chi connectivity index (χ1) is 8.33. The second-order valence-electron chi connectivity index (χ2n) is 4.24. The third kappa shape index (κ3) is 6.81. The number of hydrogen-bond donors (Lipinski definition) is 3. The molecule has 0 fully saturated rings. The van der Waals surface area contributed by atoms with Crippen molar-refractivity contribution >= 4 is 11.9 Å². The fourth-order valence-electron chi connectivity index (χ4n) is 1.70. The summed E-state index contributed by atoms with van der Waals surface area (Å²) < 4.78 is 0. The van der Waals surface area contributed by atoms with E-state index in [-0.39, 0.29) is 5.91 Å². The molecule has 0 saturated carbocycles. The van der Waals surface area contributed by atoms with Crippen molar-refractivity contribution in [3.63, 3.8) is 0 Å². The zero-order valence-corrected chi connectivity index (χ0v) is 10.7. The van der Waals surface area contributed by atoms with Crippen LogP contribution in [-0.2, 0) is 4.79 Å². The fourth-order valence-corrected chi connectivity index (χ4v) is 1.70. The van der Waals surface area contributed by atoms with Crippen LogP contribution in [-0.4, -0.2) is 38.0 Å². The lowest BCUT2D eigenvalue weighted by Crippen LogP contribution is -2.39. The summed E-state index contributed by atoms with van der Waals surface area (Å²) >= 11 is 0. The molecule has 1 amide bonds. The summed E-state index contributed by atoms with van der Waals surface area (Å²) in [6.07, 6.45) is 5.24. The molecule has 0 unspecified atom stereocenters. The summed E-state index contributed by atoms with van der Waals surface area (Å²) in [4.78, 5) is 15.6. The molecular weight excluding hydrogens is 216 g/mol. The van der Waals surface area contributed by atoms with Crippen molar-refractivity contribution in [1.82, 2.24) is 16.0 Å². The number of unbranched alkanes of at least 4 members (excludes halogenated alkanes) is 3. The molecule has 0 saturated heterocycles. The Hall–Kier alpha value is -1.26. The van der Waals surface area contributed by atoms with Crippen LogP contribution in [0.5, 0.6) is 0 Å². The van der Waals surface area contributed by atoms with Gasteiger partial charge in [0.15, 0.2) is 5.96 Å². The number of nitrogens with one attached hydrogen (secondary N) is 3. The minimum absolute atomic E-state index is 0.157. The molecule has 0 aromatic rings. The van der Waals surface area contributed by atoms with Crippen LogP contribution in [0.4, 0.5) is 0 Å². The summed E-state index contributed by atoms with van der Waals surface area (Å²) in [5.41, 5.74) is 0. The van der Waals surface area contributed by atoms with Gasteiger partial charge in [0.05, 0.1) is 6.54 Å². The molecule has 0 bridgehead atoms. The first-order valence-electron chi connectivity index (χ1n) is 6.62. The molecule has 17 heavy (non-hydrogen) atoms. The van der Waals surface area contributed by atoms with Crippen LogP contribution in [0.3, 0.4) is 0 Å². The summed E-state index contributed by atoms with van der Waals surface area (Å²) in [6, 6.07) is 0. The third-order valence-corrected chi connectivity index (χ3v) is 2.67.